The van der Waals surface area contributed by atoms with Gasteiger partial charge in [-0.1, -0.05) is 11.6 Å². The molecule has 3 N–H and O–H groups in total. The van der Waals surface area contributed by atoms with Crippen LogP contribution in [0.15, 0.2) is 89.5 Å². The summed E-state index contributed by atoms with van der Waals surface area (Å²) < 4.78 is 86.4. The van der Waals surface area contributed by atoms with Gasteiger partial charge in [0.1, 0.15) is 21.3 Å². The van der Waals surface area contributed by atoms with E-state index in [4.69, 9.17) is 40.0 Å². The first-order valence-corrected chi connectivity index (χ1v) is 21.3. The number of hydrogen-bond donors (Lipinski definition) is 3. The van der Waals surface area contributed by atoms with Crippen LogP contribution in [0.1, 0.15) is 33.4 Å². The van der Waals surface area contributed by atoms with Gasteiger partial charge in [0.05, 0.1) is 67.2 Å². The second-order valence-corrected chi connectivity index (χ2v) is 16.3. The Labute approximate surface area is 359 Å². The predicted octanol–water partition coefficient (Wildman–Crippen LogP) is 4.81. The number of benzene rings is 4. The molecule has 2 aliphatic heterocycles. The van der Waals surface area contributed by atoms with Crippen molar-refractivity contribution < 1.29 is 55.5 Å². The molecule has 0 fully saturated rings. The van der Waals surface area contributed by atoms with Crippen LogP contribution in [0.4, 0.5) is 0 Å². The average Bonchev–Trinajstić information content (AvgIpc) is 3.64. The molecule has 0 bridgehead atoms. The van der Waals surface area contributed by atoms with Crippen molar-refractivity contribution in [2.45, 2.75) is 23.6 Å². The Bertz CT molecular complexity index is 2550. The van der Waals surface area contributed by atoms with E-state index in [9.17, 15) is 27.0 Å². The summed E-state index contributed by atoms with van der Waals surface area (Å²) in [5.74, 6) is 1.56. The molecule has 0 amide bonds. The number of nitrogens with one attached hydrogen (secondary N) is 1. The van der Waals surface area contributed by atoms with Gasteiger partial charge in [0.15, 0.2) is 34.0 Å². The number of halogens is 1. The van der Waals surface area contributed by atoms with Crippen LogP contribution in [0.25, 0.3) is 0 Å². The molecular formula is C40H47ClN6O12S2. The van der Waals surface area contributed by atoms with Gasteiger partial charge in [-0.15, -0.1) is 8.80 Å². The van der Waals surface area contributed by atoms with Crippen LogP contribution in [0.3, 0.4) is 0 Å². The van der Waals surface area contributed by atoms with Crippen molar-refractivity contribution in [1.29, 1.82) is 0 Å². The second-order valence-electron chi connectivity index (χ2n) is 12.8. The first-order valence-electron chi connectivity index (χ1n) is 18.1. The van der Waals surface area contributed by atoms with E-state index < -0.39 is 20.0 Å². The highest BCUT2D eigenvalue weighted by Crippen LogP contribution is 2.38. The van der Waals surface area contributed by atoms with Crippen LogP contribution < -0.4 is 24.4 Å². The van der Waals surface area contributed by atoms with Gasteiger partial charge in [0.25, 0.3) is 20.0 Å². The first kappa shape index (κ1) is 47.7. The average molecular weight is 903 g/mol. The second kappa shape index (κ2) is 21.5. The van der Waals surface area contributed by atoms with Gasteiger partial charge in [-0.3, -0.25) is 0 Å². The molecule has 0 aromatic heterocycles. The predicted molar refractivity (Wildman–Crippen MR) is 232 cm³/mol. The summed E-state index contributed by atoms with van der Waals surface area (Å²) in [6.45, 7) is 5.51. The van der Waals surface area contributed by atoms with Crippen LogP contribution in [0.5, 0.6) is 34.5 Å². The Balaban J connectivity index is 0.000000222. The molecule has 2 aliphatic rings. The summed E-state index contributed by atoms with van der Waals surface area (Å²) in [5.41, 5.74) is 6.85. The number of aromatic hydroxyl groups is 2. The number of nitrogens with zero attached hydrogens (tertiary/aromatic N) is 5. The summed E-state index contributed by atoms with van der Waals surface area (Å²) in [6.07, 6.45) is 3.18. The molecule has 328 valence electrons. The Kier molecular flexibility index (Phi) is 16.9. The number of sulfonamides is 2. The third-order valence-corrected chi connectivity index (χ3v) is 11.6. The Hall–Kier alpha value is -5.93. The summed E-state index contributed by atoms with van der Waals surface area (Å²) >= 11 is 5.74. The lowest BCUT2D eigenvalue weighted by molar-refractivity contribution is 0.178. The Morgan fingerprint density at radius 1 is 0.672 bits per heavy atom. The summed E-state index contributed by atoms with van der Waals surface area (Å²) in [7, 11) is 1.35. The molecule has 0 spiro atoms. The van der Waals surface area contributed by atoms with Crippen LogP contribution in [0, 0.1) is 13.8 Å². The lowest BCUT2D eigenvalue weighted by Crippen LogP contribution is -2.29. The van der Waals surface area contributed by atoms with E-state index in [2.05, 4.69) is 24.4 Å². The first-order chi connectivity index (χ1) is 29.0. The Morgan fingerprint density at radius 2 is 1.16 bits per heavy atom. The van der Waals surface area contributed by atoms with Crippen molar-refractivity contribution >= 4 is 55.1 Å². The number of ether oxygens (including phenoxy) is 6. The minimum atomic E-state index is -3.93. The highest BCUT2D eigenvalue weighted by molar-refractivity contribution is 7.91. The molecule has 21 heteroatoms. The van der Waals surface area contributed by atoms with Crippen molar-refractivity contribution in [1.82, 2.24) is 10.4 Å². The van der Waals surface area contributed by atoms with Gasteiger partial charge in [0, 0.05) is 25.3 Å². The molecule has 0 atom stereocenters. The van der Waals surface area contributed by atoms with E-state index in [1.807, 2.05) is 13.8 Å². The molecule has 6 rings (SSSR count). The maximum absolute atomic E-state index is 12.7. The number of hydrazone groups is 2. The fourth-order valence-electron chi connectivity index (χ4n) is 5.64. The van der Waals surface area contributed by atoms with Crippen LogP contribution in [-0.2, 0) is 29.5 Å². The largest absolute Gasteiger partial charge is 0.504 e. The van der Waals surface area contributed by atoms with Crippen LogP contribution in [0.2, 0.25) is 0 Å². The fraction of sp³-hybridized carbons (Fsp3) is 0.300. The number of fused-ring (bicyclic) bond motifs is 2. The number of phenols is 2. The normalized spacial score (nSPS) is 14.1. The third-order valence-electron chi connectivity index (χ3n) is 8.45. The van der Waals surface area contributed by atoms with Crippen LogP contribution >= 0.6 is 11.6 Å². The molecule has 0 aliphatic carbocycles. The zero-order valence-electron chi connectivity index (χ0n) is 34.7. The van der Waals surface area contributed by atoms with Gasteiger partial charge >= 0.3 is 0 Å². The molecule has 0 saturated carbocycles. The van der Waals surface area contributed by atoms with Crippen molar-refractivity contribution in [3.8, 4) is 34.5 Å². The lowest BCUT2D eigenvalue weighted by atomic mass is 10.1. The van der Waals surface area contributed by atoms with E-state index in [1.165, 1.54) is 45.7 Å². The molecule has 0 unspecified atom stereocenters. The van der Waals surface area contributed by atoms with E-state index in [-0.39, 0.29) is 50.3 Å². The summed E-state index contributed by atoms with van der Waals surface area (Å²) in [6, 6.07) is 16.5. The van der Waals surface area contributed by atoms with Crippen molar-refractivity contribution in [3.05, 3.63) is 94.0 Å². The smallest absolute Gasteiger partial charge is 0.288 e. The fourth-order valence-corrected chi connectivity index (χ4v) is 8.69. The molecule has 0 radical (unpaired) electrons. The minimum Gasteiger partial charge on any atom is -0.504 e. The summed E-state index contributed by atoms with van der Waals surface area (Å²) in [5, 5.41) is 29.0. The highest BCUT2D eigenvalue weighted by atomic mass is 35.5. The third kappa shape index (κ3) is 12.1. The molecule has 4 aromatic carbocycles. The van der Waals surface area contributed by atoms with Gasteiger partial charge < -0.3 is 44.1 Å². The molecule has 18 nitrogen and oxygen atoms in total. The maximum Gasteiger partial charge on any atom is 0.288 e. The molecule has 61 heavy (non-hydrogen) atoms. The van der Waals surface area contributed by atoms with Gasteiger partial charge in [-0.05, 0) is 96.8 Å². The van der Waals surface area contributed by atoms with Gasteiger partial charge in [0.2, 0.25) is 0 Å². The number of hydrogen-bond acceptors (Lipinski definition) is 16. The molecule has 4 aromatic rings. The minimum absolute atomic E-state index is 0.00741. The Morgan fingerprint density at radius 3 is 1.69 bits per heavy atom. The van der Waals surface area contributed by atoms with E-state index in [1.54, 1.807) is 75.0 Å². The highest BCUT2D eigenvalue weighted by Gasteiger charge is 2.36. The van der Waals surface area contributed by atoms with Gasteiger partial charge in [-0.2, -0.15) is 27.0 Å². The van der Waals surface area contributed by atoms with E-state index in [0.717, 1.165) is 16.7 Å². The SMILES string of the molecule is COCCN(/N=C/c1ccc(O)c(OC)c1)C1=NS(=O)(=O)c2c(OC)cc(C)cc21.COCCN/N=C/c1ccc(O)c(OC)c1.COc1cc(C)cc2c1S(=O)(=O)N=C2Cl. The molecular weight excluding hydrogens is 856 g/mol. The van der Waals surface area contributed by atoms with Crippen molar-refractivity contribution in [2.75, 3.05) is 69.0 Å². The number of methoxy groups -OCH3 is 6. The number of rotatable bonds is 14. The number of phenolic OH excluding ortho intramolecular Hbond substituents is 2. The molecule has 0 saturated heterocycles. The topological polar surface area (TPSA) is 229 Å². The van der Waals surface area contributed by atoms with Crippen molar-refractivity contribution in [2.24, 2.45) is 19.0 Å². The maximum atomic E-state index is 12.7. The lowest BCUT2D eigenvalue weighted by Gasteiger charge is -2.19. The standard InChI is InChI=1S/C20H23N3O6S.C11H16N2O3.C9H8ClNO3S/c1-13-9-15-19(18(10-13)29-4)30(25,26)22-20(15)23(7-8-27-2)21-12-14-5-6-16(24)17(11-14)28-3;1-15-6-5-12-13-8-9-3-4-10(14)11(7-9)16-2;1-5-3-6-8(7(4-5)14-2)15(12,13)11-9(6)10/h5-6,9-12,24H,7-8H2,1-4H3;3-4,7-8,12,14H,5-6H2,1-2H3;3-4H,1-2H3/b21-12+;13-8+;. The zero-order chi connectivity index (χ0) is 44.9. The van der Waals surface area contributed by atoms with Crippen LogP contribution in [-0.4, -0.2) is 124 Å². The number of amidine groups is 1. The molecule has 2 heterocycles. The van der Waals surface area contributed by atoms with E-state index in [0.29, 0.717) is 47.9 Å². The van der Waals surface area contributed by atoms with E-state index >= 15 is 0 Å². The quantitative estimate of drug-likeness (QED) is 0.0877. The zero-order valence-corrected chi connectivity index (χ0v) is 37.1. The monoisotopic (exact) mass is 902 g/mol. The summed E-state index contributed by atoms with van der Waals surface area (Å²) in [4.78, 5) is 0.0788. The number of aryl methyl sites for hydroxylation is 2. The van der Waals surface area contributed by atoms with Crippen molar-refractivity contribution in [3.63, 3.8) is 0 Å². The van der Waals surface area contributed by atoms with Gasteiger partial charge in [-0.25, -0.2) is 5.01 Å².